The monoisotopic (exact) mass is 235 g/mol. The third kappa shape index (κ3) is 1.74. The zero-order valence-corrected chi connectivity index (χ0v) is 10.0. The first kappa shape index (κ1) is 10.8. The van der Waals surface area contributed by atoms with E-state index in [1.807, 2.05) is 11.6 Å². The Bertz CT molecular complexity index is 463. The maximum absolute atomic E-state index is 11.2. The van der Waals surface area contributed by atoms with E-state index < -0.39 is 5.97 Å². The first-order chi connectivity index (χ1) is 8.20. The van der Waals surface area contributed by atoms with Gasteiger partial charge in [-0.1, -0.05) is 0 Å². The van der Waals surface area contributed by atoms with Gasteiger partial charge in [-0.25, -0.2) is 4.79 Å². The first-order valence-corrected chi connectivity index (χ1v) is 6.26. The van der Waals surface area contributed by atoms with Crippen LogP contribution in [0.15, 0.2) is 0 Å². The molecule has 1 aliphatic carbocycles. The summed E-state index contributed by atoms with van der Waals surface area (Å²) in [6.45, 7) is 4.56. The largest absolute Gasteiger partial charge is 0.476 e. The van der Waals surface area contributed by atoms with Crippen LogP contribution in [0.1, 0.15) is 41.5 Å². The number of rotatable bonds is 3. The van der Waals surface area contributed by atoms with Crippen molar-refractivity contribution in [3.05, 3.63) is 17.0 Å². The standard InChI is InChI=1S/C12H17N3O2/c1-2-15-10-5-6-14(8-3-4-8)7-9(10)11(13-15)12(16)17/h8H,2-7H2,1H3,(H,16,17). The lowest BCUT2D eigenvalue weighted by Gasteiger charge is -2.27. The molecule has 2 aliphatic rings. The molecule has 92 valence electrons. The number of carbonyl (C=O) groups is 1. The van der Waals surface area contributed by atoms with Crippen LogP contribution in [0.3, 0.4) is 0 Å². The number of nitrogens with zero attached hydrogens (tertiary/aromatic N) is 3. The van der Waals surface area contributed by atoms with Gasteiger partial charge in [0.05, 0.1) is 0 Å². The number of aryl methyl sites for hydroxylation is 1. The third-order valence-corrected chi connectivity index (χ3v) is 3.73. The molecule has 0 radical (unpaired) electrons. The van der Waals surface area contributed by atoms with E-state index in [0.29, 0.717) is 6.04 Å². The molecule has 1 aromatic heterocycles. The highest BCUT2D eigenvalue weighted by Crippen LogP contribution is 2.32. The van der Waals surface area contributed by atoms with Crippen LogP contribution in [0, 0.1) is 0 Å². The Morgan fingerprint density at radius 1 is 1.53 bits per heavy atom. The van der Waals surface area contributed by atoms with Crippen LogP contribution in [-0.2, 0) is 19.5 Å². The summed E-state index contributed by atoms with van der Waals surface area (Å²) in [6, 6.07) is 0.690. The van der Waals surface area contributed by atoms with E-state index in [0.717, 1.165) is 37.3 Å². The summed E-state index contributed by atoms with van der Waals surface area (Å²) in [5.41, 5.74) is 2.33. The molecular formula is C12H17N3O2. The van der Waals surface area contributed by atoms with Crippen LogP contribution in [0.2, 0.25) is 0 Å². The number of hydrogen-bond acceptors (Lipinski definition) is 3. The Morgan fingerprint density at radius 3 is 2.88 bits per heavy atom. The van der Waals surface area contributed by atoms with Crippen molar-refractivity contribution >= 4 is 5.97 Å². The van der Waals surface area contributed by atoms with Crippen molar-refractivity contribution in [2.75, 3.05) is 6.54 Å². The molecule has 1 fully saturated rings. The first-order valence-electron chi connectivity index (χ1n) is 6.26. The maximum atomic E-state index is 11.2. The third-order valence-electron chi connectivity index (χ3n) is 3.73. The lowest BCUT2D eigenvalue weighted by Crippen LogP contribution is -2.33. The summed E-state index contributed by atoms with van der Waals surface area (Å²) in [4.78, 5) is 13.6. The summed E-state index contributed by atoms with van der Waals surface area (Å²) in [7, 11) is 0. The fourth-order valence-electron chi connectivity index (χ4n) is 2.70. The minimum Gasteiger partial charge on any atom is -0.476 e. The Labute approximate surface area is 100 Å². The minimum atomic E-state index is -0.897. The van der Waals surface area contributed by atoms with Crippen LogP contribution in [0.25, 0.3) is 0 Å². The molecular weight excluding hydrogens is 218 g/mol. The topological polar surface area (TPSA) is 58.4 Å². The highest BCUT2D eigenvalue weighted by Gasteiger charge is 2.34. The summed E-state index contributed by atoms with van der Waals surface area (Å²) in [5.74, 6) is -0.897. The molecule has 1 aromatic rings. The van der Waals surface area contributed by atoms with Crippen molar-refractivity contribution in [1.82, 2.24) is 14.7 Å². The van der Waals surface area contributed by atoms with Crippen molar-refractivity contribution < 1.29 is 9.90 Å². The molecule has 1 saturated carbocycles. The lowest BCUT2D eigenvalue weighted by atomic mass is 10.0. The fraction of sp³-hybridized carbons (Fsp3) is 0.667. The summed E-state index contributed by atoms with van der Waals surface area (Å²) >= 11 is 0. The summed E-state index contributed by atoms with van der Waals surface area (Å²) in [6.07, 6.45) is 3.46. The van der Waals surface area contributed by atoms with Crippen LogP contribution in [0.4, 0.5) is 0 Å². The van der Waals surface area contributed by atoms with Crippen molar-refractivity contribution in [3.63, 3.8) is 0 Å². The second kappa shape index (κ2) is 3.84. The maximum Gasteiger partial charge on any atom is 0.356 e. The van der Waals surface area contributed by atoms with Crippen molar-refractivity contribution in [1.29, 1.82) is 0 Å². The van der Waals surface area contributed by atoms with E-state index in [2.05, 4.69) is 10.00 Å². The molecule has 0 unspecified atom stereocenters. The molecule has 17 heavy (non-hydrogen) atoms. The van der Waals surface area contributed by atoms with Crippen molar-refractivity contribution in [2.45, 2.75) is 45.3 Å². The Hall–Kier alpha value is -1.36. The van der Waals surface area contributed by atoms with Gasteiger partial charge in [0.25, 0.3) is 0 Å². The molecule has 1 aliphatic heterocycles. The molecule has 5 heteroatoms. The van der Waals surface area contributed by atoms with Gasteiger partial charge in [-0.15, -0.1) is 0 Å². The molecule has 0 atom stereocenters. The second-order valence-electron chi connectivity index (χ2n) is 4.85. The molecule has 5 nitrogen and oxygen atoms in total. The van der Waals surface area contributed by atoms with E-state index in [1.165, 1.54) is 12.8 Å². The number of aromatic carboxylic acids is 1. The SMILES string of the molecule is CCn1nc(C(=O)O)c2c1CCN(C1CC1)C2. The second-order valence-corrected chi connectivity index (χ2v) is 4.85. The van der Waals surface area contributed by atoms with Gasteiger partial charge in [-0.2, -0.15) is 5.10 Å². The normalized spacial score (nSPS) is 20.3. The van der Waals surface area contributed by atoms with E-state index >= 15 is 0 Å². The van der Waals surface area contributed by atoms with Gasteiger partial charge in [0.15, 0.2) is 5.69 Å². The molecule has 0 spiro atoms. The van der Waals surface area contributed by atoms with Crippen LogP contribution < -0.4 is 0 Å². The number of carboxylic acids is 1. The molecule has 0 aromatic carbocycles. The lowest BCUT2D eigenvalue weighted by molar-refractivity contribution is 0.0686. The molecule has 0 bridgehead atoms. The quantitative estimate of drug-likeness (QED) is 0.853. The summed E-state index contributed by atoms with van der Waals surface area (Å²) in [5, 5.41) is 13.4. The Morgan fingerprint density at radius 2 is 2.29 bits per heavy atom. The van der Waals surface area contributed by atoms with E-state index in [4.69, 9.17) is 0 Å². The zero-order valence-electron chi connectivity index (χ0n) is 10.0. The molecule has 3 rings (SSSR count). The highest BCUT2D eigenvalue weighted by molar-refractivity contribution is 5.87. The van der Waals surface area contributed by atoms with Gasteiger partial charge in [0, 0.05) is 43.4 Å². The van der Waals surface area contributed by atoms with E-state index in [-0.39, 0.29) is 5.69 Å². The Kier molecular flexibility index (Phi) is 2.43. The fourth-order valence-corrected chi connectivity index (χ4v) is 2.70. The van der Waals surface area contributed by atoms with E-state index in [1.54, 1.807) is 0 Å². The number of carboxylic acid groups (broad SMARTS) is 1. The number of hydrogen-bond donors (Lipinski definition) is 1. The van der Waals surface area contributed by atoms with Crippen LogP contribution in [-0.4, -0.2) is 38.3 Å². The van der Waals surface area contributed by atoms with Crippen LogP contribution in [0.5, 0.6) is 0 Å². The van der Waals surface area contributed by atoms with Gasteiger partial charge in [0.1, 0.15) is 0 Å². The number of aromatic nitrogens is 2. The van der Waals surface area contributed by atoms with Crippen molar-refractivity contribution in [3.8, 4) is 0 Å². The van der Waals surface area contributed by atoms with Gasteiger partial charge < -0.3 is 5.11 Å². The zero-order chi connectivity index (χ0) is 12.0. The van der Waals surface area contributed by atoms with E-state index in [9.17, 15) is 9.90 Å². The smallest absolute Gasteiger partial charge is 0.356 e. The van der Waals surface area contributed by atoms with Gasteiger partial charge in [0.2, 0.25) is 0 Å². The van der Waals surface area contributed by atoms with Crippen LogP contribution >= 0.6 is 0 Å². The van der Waals surface area contributed by atoms with Gasteiger partial charge in [-0.3, -0.25) is 9.58 Å². The van der Waals surface area contributed by atoms with Gasteiger partial charge in [-0.05, 0) is 19.8 Å². The predicted octanol–water partition coefficient (Wildman–Crippen LogP) is 1.12. The molecule has 1 N–H and O–H groups in total. The molecule has 0 saturated heterocycles. The van der Waals surface area contributed by atoms with Crippen molar-refractivity contribution in [2.24, 2.45) is 0 Å². The van der Waals surface area contributed by atoms with Gasteiger partial charge >= 0.3 is 5.97 Å². The Balaban J connectivity index is 1.97. The predicted molar refractivity (Wildman–Crippen MR) is 62.0 cm³/mol. The molecule has 0 amide bonds. The summed E-state index contributed by atoms with van der Waals surface area (Å²) < 4.78 is 1.85. The average molecular weight is 235 g/mol. The number of fused-ring (bicyclic) bond motifs is 1. The highest BCUT2D eigenvalue weighted by atomic mass is 16.4. The molecule has 2 heterocycles. The average Bonchev–Trinajstić information content (AvgIpc) is 3.09. The minimum absolute atomic E-state index is 0.257.